The molecule has 0 spiro atoms. The number of nitriles is 1. The van der Waals surface area contributed by atoms with E-state index in [4.69, 9.17) is 5.73 Å². The molecule has 0 radical (unpaired) electrons. The number of hydrogen-bond donors (Lipinski definition) is 1. The van der Waals surface area contributed by atoms with Crippen LogP contribution in [-0.2, 0) is 7.05 Å². The first-order chi connectivity index (χ1) is 12.6. The number of aryl methyl sites for hydroxylation is 1. The van der Waals surface area contributed by atoms with E-state index in [-0.39, 0.29) is 5.82 Å². The molecule has 2 aromatic heterocycles. The van der Waals surface area contributed by atoms with Crippen LogP contribution >= 0.6 is 15.9 Å². The standard InChI is InChI=1S/C21H15BrN4/c1-26-8-7-15-9-14(5-6-20(15)26)19-11-17(18(12-23)21(24)25-19)13-3-2-4-16(22)10-13/h2-11H,1H3,(H2,24,25). The minimum Gasteiger partial charge on any atom is -0.383 e. The maximum atomic E-state index is 9.55. The molecule has 0 amide bonds. The molecule has 0 bridgehead atoms. The van der Waals surface area contributed by atoms with E-state index in [0.29, 0.717) is 5.56 Å². The molecule has 4 aromatic rings. The van der Waals surface area contributed by atoms with Gasteiger partial charge in [0.1, 0.15) is 17.5 Å². The highest BCUT2D eigenvalue weighted by atomic mass is 79.9. The molecule has 4 nitrogen and oxygen atoms in total. The van der Waals surface area contributed by atoms with E-state index in [9.17, 15) is 5.26 Å². The zero-order valence-corrected chi connectivity index (χ0v) is 15.7. The third-order valence-electron chi connectivity index (χ3n) is 4.48. The maximum Gasteiger partial charge on any atom is 0.142 e. The predicted octanol–water partition coefficient (Wildman–Crippen LogP) is 5.12. The van der Waals surface area contributed by atoms with Gasteiger partial charge < -0.3 is 10.3 Å². The highest BCUT2D eigenvalue weighted by Crippen LogP contribution is 2.33. The predicted molar refractivity (Wildman–Crippen MR) is 108 cm³/mol. The molecule has 0 aliphatic rings. The van der Waals surface area contributed by atoms with E-state index in [0.717, 1.165) is 37.8 Å². The van der Waals surface area contributed by atoms with E-state index >= 15 is 0 Å². The lowest BCUT2D eigenvalue weighted by Gasteiger charge is -2.11. The van der Waals surface area contributed by atoms with E-state index in [2.05, 4.69) is 49.7 Å². The van der Waals surface area contributed by atoms with Crippen LogP contribution in [0, 0.1) is 11.3 Å². The first-order valence-corrected chi connectivity index (χ1v) is 8.88. The number of nitrogens with two attached hydrogens (primary N) is 1. The second kappa shape index (κ2) is 6.32. The van der Waals surface area contributed by atoms with Gasteiger partial charge in [-0.05, 0) is 42.0 Å². The second-order valence-electron chi connectivity index (χ2n) is 6.14. The van der Waals surface area contributed by atoms with Crippen LogP contribution in [0.25, 0.3) is 33.3 Å². The average molecular weight is 403 g/mol. The van der Waals surface area contributed by atoms with E-state index in [1.165, 1.54) is 0 Å². The number of fused-ring (bicyclic) bond motifs is 1. The Morgan fingerprint density at radius 3 is 2.69 bits per heavy atom. The molecule has 0 saturated heterocycles. The summed E-state index contributed by atoms with van der Waals surface area (Å²) in [5, 5.41) is 10.7. The van der Waals surface area contributed by atoms with Crippen LogP contribution < -0.4 is 5.73 Å². The van der Waals surface area contributed by atoms with Crippen LogP contribution in [0.3, 0.4) is 0 Å². The number of hydrogen-bond acceptors (Lipinski definition) is 3. The molecule has 0 fully saturated rings. The lowest BCUT2D eigenvalue weighted by Crippen LogP contribution is -1.99. The summed E-state index contributed by atoms with van der Waals surface area (Å²) in [6.45, 7) is 0. The normalized spacial score (nSPS) is 10.8. The molecule has 2 aromatic carbocycles. The minimum absolute atomic E-state index is 0.244. The van der Waals surface area contributed by atoms with Crippen LogP contribution in [0.5, 0.6) is 0 Å². The van der Waals surface area contributed by atoms with Gasteiger partial charge in [0.05, 0.1) is 5.69 Å². The van der Waals surface area contributed by atoms with Crippen molar-refractivity contribution in [2.75, 3.05) is 5.73 Å². The number of nitrogen functional groups attached to an aromatic ring is 1. The van der Waals surface area contributed by atoms with Gasteiger partial charge in [-0.3, -0.25) is 0 Å². The number of nitrogens with zero attached hydrogens (tertiary/aromatic N) is 3. The molecule has 2 heterocycles. The zero-order valence-electron chi connectivity index (χ0n) is 14.1. The van der Waals surface area contributed by atoms with Crippen molar-refractivity contribution in [3.63, 3.8) is 0 Å². The Balaban J connectivity index is 1.93. The van der Waals surface area contributed by atoms with Crippen molar-refractivity contribution in [3.8, 4) is 28.5 Å². The third-order valence-corrected chi connectivity index (χ3v) is 4.97. The molecule has 0 aliphatic carbocycles. The van der Waals surface area contributed by atoms with Crippen molar-refractivity contribution in [1.29, 1.82) is 5.26 Å². The number of benzene rings is 2. The lowest BCUT2D eigenvalue weighted by molar-refractivity contribution is 0.969. The highest BCUT2D eigenvalue weighted by Gasteiger charge is 2.14. The summed E-state index contributed by atoms with van der Waals surface area (Å²) >= 11 is 3.49. The van der Waals surface area contributed by atoms with Crippen molar-refractivity contribution in [3.05, 3.63) is 70.8 Å². The Morgan fingerprint density at radius 1 is 1.08 bits per heavy atom. The summed E-state index contributed by atoms with van der Waals surface area (Å²) in [4.78, 5) is 4.47. The number of anilines is 1. The van der Waals surface area contributed by atoms with Gasteiger partial charge in [-0.1, -0.05) is 34.1 Å². The fraction of sp³-hybridized carbons (Fsp3) is 0.0476. The molecular weight excluding hydrogens is 388 g/mol. The summed E-state index contributed by atoms with van der Waals surface area (Å²) in [5.41, 5.74) is 11.1. The van der Waals surface area contributed by atoms with E-state index in [1.54, 1.807) is 0 Å². The van der Waals surface area contributed by atoms with Crippen LogP contribution in [0.15, 0.2) is 65.3 Å². The Bertz CT molecular complexity index is 1180. The molecule has 0 aliphatic heterocycles. The Morgan fingerprint density at radius 2 is 1.92 bits per heavy atom. The summed E-state index contributed by atoms with van der Waals surface area (Å²) in [5.74, 6) is 0.244. The maximum absolute atomic E-state index is 9.55. The Kier molecular flexibility index (Phi) is 3.98. The fourth-order valence-electron chi connectivity index (χ4n) is 3.15. The molecule has 4 rings (SSSR count). The first kappa shape index (κ1) is 16.4. The van der Waals surface area contributed by atoms with E-state index in [1.807, 2.05) is 49.6 Å². The summed E-state index contributed by atoms with van der Waals surface area (Å²) in [7, 11) is 2.02. The molecule has 0 atom stereocenters. The van der Waals surface area contributed by atoms with Gasteiger partial charge in [-0.15, -0.1) is 0 Å². The molecule has 2 N–H and O–H groups in total. The van der Waals surface area contributed by atoms with Gasteiger partial charge >= 0.3 is 0 Å². The van der Waals surface area contributed by atoms with Crippen molar-refractivity contribution in [2.45, 2.75) is 0 Å². The fourth-order valence-corrected chi connectivity index (χ4v) is 3.55. The number of pyridine rings is 1. The number of aromatic nitrogens is 2. The first-order valence-electron chi connectivity index (χ1n) is 8.09. The zero-order chi connectivity index (χ0) is 18.3. The average Bonchev–Trinajstić information content (AvgIpc) is 3.01. The van der Waals surface area contributed by atoms with Crippen molar-refractivity contribution in [2.24, 2.45) is 7.05 Å². The molecule has 26 heavy (non-hydrogen) atoms. The highest BCUT2D eigenvalue weighted by molar-refractivity contribution is 9.10. The molecule has 5 heteroatoms. The lowest BCUT2D eigenvalue weighted by atomic mass is 9.98. The van der Waals surface area contributed by atoms with Crippen LogP contribution in [-0.4, -0.2) is 9.55 Å². The molecule has 0 unspecified atom stereocenters. The van der Waals surface area contributed by atoms with E-state index < -0.39 is 0 Å². The van der Waals surface area contributed by atoms with Crippen LogP contribution in [0.4, 0.5) is 5.82 Å². The van der Waals surface area contributed by atoms with Crippen molar-refractivity contribution < 1.29 is 0 Å². The second-order valence-corrected chi connectivity index (χ2v) is 7.05. The minimum atomic E-state index is 0.244. The molecular formula is C21H15BrN4. The summed E-state index contributed by atoms with van der Waals surface area (Å²) in [6.07, 6.45) is 2.03. The Labute approximate surface area is 159 Å². The quantitative estimate of drug-likeness (QED) is 0.505. The number of rotatable bonds is 2. The SMILES string of the molecule is Cn1ccc2cc(-c3cc(-c4cccc(Br)c4)c(C#N)c(N)n3)ccc21. The molecule has 0 saturated carbocycles. The van der Waals surface area contributed by atoms with Gasteiger partial charge in [0.15, 0.2) is 0 Å². The largest absolute Gasteiger partial charge is 0.383 e. The summed E-state index contributed by atoms with van der Waals surface area (Å²) < 4.78 is 3.02. The summed E-state index contributed by atoms with van der Waals surface area (Å²) in [6, 6.07) is 20.2. The Hall–Kier alpha value is -3.10. The monoisotopic (exact) mass is 402 g/mol. The third kappa shape index (κ3) is 2.75. The van der Waals surface area contributed by atoms with Crippen molar-refractivity contribution in [1.82, 2.24) is 9.55 Å². The van der Waals surface area contributed by atoms with Gasteiger partial charge in [-0.2, -0.15) is 5.26 Å². The van der Waals surface area contributed by atoms with Gasteiger partial charge in [0, 0.05) is 39.7 Å². The van der Waals surface area contributed by atoms with Crippen molar-refractivity contribution >= 4 is 32.7 Å². The van der Waals surface area contributed by atoms with Gasteiger partial charge in [-0.25, -0.2) is 4.98 Å². The van der Waals surface area contributed by atoms with Crippen LogP contribution in [0.1, 0.15) is 5.56 Å². The van der Waals surface area contributed by atoms with Gasteiger partial charge in [0.25, 0.3) is 0 Å². The van der Waals surface area contributed by atoms with Gasteiger partial charge in [0.2, 0.25) is 0 Å². The number of halogens is 1. The topological polar surface area (TPSA) is 67.6 Å². The smallest absolute Gasteiger partial charge is 0.142 e. The van der Waals surface area contributed by atoms with Crippen LogP contribution in [0.2, 0.25) is 0 Å². The molecule has 126 valence electrons.